The largest absolute Gasteiger partial charge is 0.340 e. The van der Waals surface area contributed by atoms with Crippen molar-refractivity contribution in [1.29, 1.82) is 0 Å². The summed E-state index contributed by atoms with van der Waals surface area (Å²) in [5.74, 6) is 0.317. The number of aryl methyl sites for hydroxylation is 2. The van der Waals surface area contributed by atoms with Gasteiger partial charge in [-0.15, -0.1) is 11.3 Å². The fraction of sp³-hybridized carbons (Fsp3) is 0.438. The number of rotatable bonds is 2. The number of hydrogen-bond acceptors (Lipinski definition) is 2. The molecule has 3 rings (SSSR count). The molecule has 0 amide bonds. The molecule has 0 saturated heterocycles. The van der Waals surface area contributed by atoms with Crippen LogP contribution >= 0.6 is 11.3 Å². The minimum absolute atomic E-state index is 0.317. The van der Waals surface area contributed by atoms with E-state index >= 15 is 0 Å². The first kappa shape index (κ1) is 12.7. The van der Waals surface area contributed by atoms with Crippen LogP contribution in [0.2, 0.25) is 0 Å². The Morgan fingerprint density at radius 2 is 2.05 bits per heavy atom. The Kier molecular flexibility index (Phi) is 3.09. The van der Waals surface area contributed by atoms with Gasteiger partial charge in [-0.1, -0.05) is 0 Å². The van der Waals surface area contributed by atoms with E-state index in [1.165, 1.54) is 21.1 Å². The van der Waals surface area contributed by atoms with Gasteiger partial charge in [-0.3, -0.25) is 4.79 Å². The summed E-state index contributed by atoms with van der Waals surface area (Å²) in [4.78, 5) is 14.7. The summed E-state index contributed by atoms with van der Waals surface area (Å²) in [6.07, 6.45) is 2.73. The summed E-state index contributed by atoms with van der Waals surface area (Å²) in [5, 5.41) is 0. The fourth-order valence-corrected chi connectivity index (χ4v) is 4.02. The predicted octanol–water partition coefficient (Wildman–Crippen LogP) is 4.29. The van der Waals surface area contributed by atoms with Crippen LogP contribution < -0.4 is 0 Å². The van der Waals surface area contributed by atoms with Crippen molar-refractivity contribution in [2.75, 3.05) is 0 Å². The van der Waals surface area contributed by atoms with Crippen molar-refractivity contribution in [1.82, 2.24) is 4.57 Å². The molecule has 0 bridgehead atoms. The lowest BCUT2D eigenvalue weighted by Gasteiger charge is -2.21. The third-order valence-electron chi connectivity index (χ3n) is 4.01. The zero-order chi connectivity index (χ0) is 13.6. The predicted molar refractivity (Wildman–Crippen MR) is 79.3 cm³/mol. The minimum Gasteiger partial charge on any atom is -0.340 e. The average Bonchev–Trinajstić information content (AvgIpc) is 2.93. The Labute approximate surface area is 118 Å². The molecular formula is C16H19NOS. The standard InChI is InChI=1S/C16H19NOS/c1-10-9-13-14(5-4-6-15(13)18)17(10)12(3)16-8-7-11(2)19-16/h7-9,12H,4-6H2,1-3H3. The highest BCUT2D eigenvalue weighted by atomic mass is 32.1. The Morgan fingerprint density at radius 1 is 1.26 bits per heavy atom. The number of carbonyl (C=O) groups excluding carboxylic acids is 1. The van der Waals surface area contributed by atoms with Gasteiger partial charge in [0, 0.05) is 33.1 Å². The number of Topliss-reactive ketones (excluding diaryl/α,β-unsaturated/α-hetero) is 1. The zero-order valence-corrected chi connectivity index (χ0v) is 12.5. The van der Waals surface area contributed by atoms with Gasteiger partial charge in [0.25, 0.3) is 0 Å². The monoisotopic (exact) mass is 273 g/mol. The second kappa shape index (κ2) is 4.64. The van der Waals surface area contributed by atoms with Gasteiger partial charge in [0.2, 0.25) is 0 Å². The topological polar surface area (TPSA) is 22.0 Å². The van der Waals surface area contributed by atoms with E-state index in [0.29, 0.717) is 18.2 Å². The van der Waals surface area contributed by atoms with Gasteiger partial charge in [-0.2, -0.15) is 0 Å². The molecule has 2 aromatic heterocycles. The van der Waals surface area contributed by atoms with E-state index < -0.39 is 0 Å². The van der Waals surface area contributed by atoms with Gasteiger partial charge < -0.3 is 4.57 Å². The number of aromatic nitrogens is 1. The molecule has 0 saturated carbocycles. The number of ketones is 1. The third kappa shape index (κ3) is 2.06. The molecule has 0 spiro atoms. The van der Waals surface area contributed by atoms with Crippen LogP contribution in [0.1, 0.15) is 57.3 Å². The summed E-state index contributed by atoms with van der Waals surface area (Å²) in [7, 11) is 0. The summed E-state index contributed by atoms with van der Waals surface area (Å²) < 4.78 is 2.36. The molecule has 19 heavy (non-hydrogen) atoms. The molecule has 0 fully saturated rings. The van der Waals surface area contributed by atoms with Crippen LogP contribution in [0.25, 0.3) is 0 Å². The van der Waals surface area contributed by atoms with Crippen LogP contribution in [0.5, 0.6) is 0 Å². The molecule has 0 N–H and O–H groups in total. The van der Waals surface area contributed by atoms with Crippen LogP contribution in [-0.4, -0.2) is 10.4 Å². The minimum atomic E-state index is 0.317. The average molecular weight is 273 g/mol. The highest BCUT2D eigenvalue weighted by molar-refractivity contribution is 7.12. The number of hydrogen-bond donors (Lipinski definition) is 0. The molecule has 2 nitrogen and oxygen atoms in total. The molecule has 1 aliphatic carbocycles. The normalized spacial score (nSPS) is 16.5. The summed E-state index contributed by atoms with van der Waals surface area (Å²) >= 11 is 1.85. The van der Waals surface area contributed by atoms with E-state index in [-0.39, 0.29) is 0 Å². The fourth-order valence-electron chi connectivity index (χ4n) is 3.10. The van der Waals surface area contributed by atoms with E-state index in [1.807, 2.05) is 11.3 Å². The van der Waals surface area contributed by atoms with Crippen LogP contribution in [0.4, 0.5) is 0 Å². The quantitative estimate of drug-likeness (QED) is 0.800. The third-order valence-corrected chi connectivity index (χ3v) is 5.18. The number of carbonyl (C=O) groups is 1. The number of thiophene rings is 1. The van der Waals surface area contributed by atoms with Gasteiger partial charge >= 0.3 is 0 Å². The van der Waals surface area contributed by atoms with Crippen molar-refractivity contribution < 1.29 is 4.79 Å². The molecule has 3 heteroatoms. The highest BCUT2D eigenvalue weighted by Gasteiger charge is 2.25. The molecule has 1 aliphatic rings. The maximum absolute atomic E-state index is 12.0. The molecule has 0 aliphatic heterocycles. The first-order chi connectivity index (χ1) is 9.08. The lowest BCUT2D eigenvalue weighted by atomic mass is 9.96. The van der Waals surface area contributed by atoms with Crippen LogP contribution in [0, 0.1) is 13.8 Å². The van der Waals surface area contributed by atoms with Crippen LogP contribution in [0.3, 0.4) is 0 Å². The van der Waals surface area contributed by atoms with Gasteiger partial charge in [-0.05, 0) is 51.8 Å². The highest BCUT2D eigenvalue weighted by Crippen LogP contribution is 2.33. The first-order valence-corrected chi connectivity index (χ1v) is 7.70. The summed E-state index contributed by atoms with van der Waals surface area (Å²) in [6, 6.07) is 6.79. The van der Waals surface area contributed by atoms with E-state index in [9.17, 15) is 4.79 Å². The van der Waals surface area contributed by atoms with Crippen molar-refractivity contribution in [2.45, 2.75) is 46.1 Å². The molecule has 2 aromatic rings. The van der Waals surface area contributed by atoms with Crippen molar-refractivity contribution in [3.05, 3.63) is 44.9 Å². The molecular weight excluding hydrogens is 254 g/mol. The molecule has 0 radical (unpaired) electrons. The number of nitrogens with zero attached hydrogens (tertiary/aromatic N) is 1. The Hall–Kier alpha value is -1.35. The molecule has 1 atom stereocenters. The van der Waals surface area contributed by atoms with E-state index in [4.69, 9.17) is 0 Å². The second-order valence-corrected chi connectivity index (χ2v) is 6.74. The summed E-state index contributed by atoms with van der Waals surface area (Å²) in [6.45, 7) is 6.49. The van der Waals surface area contributed by atoms with Crippen LogP contribution in [-0.2, 0) is 6.42 Å². The second-order valence-electron chi connectivity index (χ2n) is 5.42. The van der Waals surface area contributed by atoms with Gasteiger partial charge in [0.15, 0.2) is 5.78 Å². The van der Waals surface area contributed by atoms with Crippen molar-refractivity contribution >= 4 is 17.1 Å². The van der Waals surface area contributed by atoms with Gasteiger partial charge in [0.1, 0.15) is 0 Å². The Morgan fingerprint density at radius 3 is 2.74 bits per heavy atom. The SMILES string of the molecule is Cc1ccc(C(C)n2c(C)cc3c2CCCC3=O)s1. The van der Waals surface area contributed by atoms with Crippen molar-refractivity contribution in [3.63, 3.8) is 0 Å². The summed E-state index contributed by atoms with van der Waals surface area (Å²) in [5.41, 5.74) is 3.41. The molecule has 1 unspecified atom stereocenters. The zero-order valence-electron chi connectivity index (χ0n) is 11.7. The molecule has 100 valence electrons. The lowest BCUT2D eigenvalue weighted by molar-refractivity contribution is 0.0971. The van der Waals surface area contributed by atoms with E-state index in [2.05, 4.69) is 43.5 Å². The number of fused-ring (bicyclic) bond motifs is 1. The maximum Gasteiger partial charge on any atom is 0.164 e. The maximum atomic E-state index is 12.0. The Balaban J connectivity index is 2.08. The van der Waals surface area contributed by atoms with Crippen molar-refractivity contribution in [2.24, 2.45) is 0 Å². The van der Waals surface area contributed by atoms with E-state index in [1.54, 1.807) is 0 Å². The van der Waals surface area contributed by atoms with Gasteiger partial charge in [0.05, 0.1) is 6.04 Å². The van der Waals surface area contributed by atoms with E-state index in [0.717, 1.165) is 18.4 Å². The lowest BCUT2D eigenvalue weighted by Crippen LogP contribution is -2.16. The smallest absolute Gasteiger partial charge is 0.164 e. The first-order valence-electron chi connectivity index (χ1n) is 6.88. The van der Waals surface area contributed by atoms with Gasteiger partial charge in [-0.25, -0.2) is 0 Å². The van der Waals surface area contributed by atoms with Crippen molar-refractivity contribution in [3.8, 4) is 0 Å². The Bertz CT molecular complexity index is 635. The van der Waals surface area contributed by atoms with Crippen LogP contribution in [0.15, 0.2) is 18.2 Å². The molecule has 2 heterocycles. The molecule has 0 aromatic carbocycles.